The fourth-order valence-corrected chi connectivity index (χ4v) is 2.01. The van der Waals surface area contributed by atoms with Gasteiger partial charge < -0.3 is 10.5 Å². The Labute approximate surface area is 122 Å². The molecule has 1 atom stereocenters. The molecule has 1 amide bonds. The van der Waals surface area contributed by atoms with Gasteiger partial charge in [-0.15, -0.1) is 0 Å². The second kappa shape index (κ2) is 5.69. The van der Waals surface area contributed by atoms with E-state index in [1.807, 2.05) is 0 Å². The van der Waals surface area contributed by atoms with Crippen LogP contribution >= 0.6 is 0 Å². The number of benzene rings is 1. The van der Waals surface area contributed by atoms with E-state index in [1.165, 1.54) is 12.1 Å². The maximum absolute atomic E-state index is 11.6. The Morgan fingerprint density at radius 1 is 1.57 bits per heavy atom. The number of nitrogens with zero attached hydrogens (tertiary/aromatic N) is 1. The largest absolute Gasteiger partial charge is 0.491 e. The van der Waals surface area contributed by atoms with Crippen LogP contribution in [0.3, 0.4) is 0 Å². The first-order valence-electron chi connectivity index (χ1n) is 6.77. The number of nitro benzene ring substituents is 1. The summed E-state index contributed by atoms with van der Waals surface area (Å²) in [5.41, 5.74) is 5.03. The molecular weight excluding hydrogens is 274 g/mol. The number of primary amides is 1. The van der Waals surface area contributed by atoms with E-state index in [1.54, 1.807) is 19.9 Å². The van der Waals surface area contributed by atoms with E-state index in [9.17, 15) is 14.9 Å². The molecule has 2 rings (SSSR count). The average Bonchev–Trinajstić information content (AvgIpc) is 3.19. The quantitative estimate of drug-likeness (QED) is 0.581. The Hall–Kier alpha value is -2.15. The van der Waals surface area contributed by atoms with Crippen molar-refractivity contribution in [2.45, 2.75) is 38.3 Å². The van der Waals surface area contributed by atoms with Crippen LogP contribution in [0.25, 0.3) is 0 Å². The third kappa shape index (κ3) is 3.69. The third-order valence-electron chi connectivity index (χ3n) is 3.54. The van der Waals surface area contributed by atoms with Crippen LogP contribution in [0, 0.1) is 17.0 Å². The second-order valence-electron chi connectivity index (χ2n) is 5.61. The topological polar surface area (TPSA) is 107 Å². The molecule has 1 unspecified atom stereocenters. The average molecular weight is 293 g/mol. The Morgan fingerprint density at radius 2 is 2.24 bits per heavy atom. The molecule has 21 heavy (non-hydrogen) atoms. The number of rotatable bonds is 7. The molecule has 1 aromatic carbocycles. The van der Waals surface area contributed by atoms with Crippen LogP contribution in [-0.4, -0.2) is 29.0 Å². The van der Waals surface area contributed by atoms with Gasteiger partial charge in [0.1, 0.15) is 17.9 Å². The zero-order valence-electron chi connectivity index (χ0n) is 12.1. The molecule has 1 saturated carbocycles. The van der Waals surface area contributed by atoms with Gasteiger partial charge in [0.25, 0.3) is 5.69 Å². The highest BCUT2D eigenvalue weighted by Gasteiger charge is 2.37. The van der Waals surface area contributed by atoms with E-state index in [0.29, 0.717) is 17.4 Å². The van der Waals surface area contributed by atoms with Crippen molar-refractivity contribution < 1.29 is 14.5 Å². The summed E-state index contributed by atoms with van der Waals surface area (Å²) in [6, 6.07) is 4.80. The first-order valence-corrected chi connectivity index (χ1v) is 6.77. The van der Waals surface area contributed by atoms with Crippen molar-refractivity contribution in [3.63, 3.8) is 0 Å². The fourth-order valence-electron chi connectivity index (χ4n) is 2.01. The first kappa shape index (κ1) is 15.2. The number of hydrogen-bond donors (Lipinski definition) is 2. The molecule has 7 heteroatoms. The minimum absolute atomic E-state index is 0.0381. The predicted molar refractivity (Wildman–Crippen MR) is 77.1 cm³/mol. The molecule has 114 valence electrons. The molecule has 0 spiro atoms. The Balaban J connectivity index is 2.05. The molecule has 1 aromatic rings. The van der Waals surface area contributed by atoms with E-state index in [2.05, 4.69) is 5.32 Å². The summed E-state index contributed by atoms with van der Waals surface area (Å²) in [4.78, 5) is 21.9. The van der Waals surface area contributed by atoms with Crippen molar-refractivity contribution in [1.29, 1.82) is 0 Å². The highest BCUT2D eigenvalue weighted by Crippen LogP contribution is 2.25. The van der Waals surface area contributed by atoms with Gasteiger partial charge in [0.2, 0.25) is 5.91 Å². The summed E-state index contributed by atoms with van der Waals surface area (Å²) < 4.78 is 5.59. The lowest BCUT2D eigenvalue weighted by Crippen LogP contribution is -2.57. The summed E-state index contributed by atoms with van der Waals surface area (Å²) in [5.74, 6) is -0.00351. The van der Waals surface area contributed by atoms with E-state index in [4.69, 9.17) is 10.5 Å². The molecule has 3 N–H and O–H groups in total. The number of carbonyl (C=O) groups excluding carboxylic acids is 1. The van der Waals surface area contributed by atoms with Gasteiger partial charge in [-0.3, -0.25) is 20.2 Å². The monoisotopic (exact) mass is 293 g/mol. The molecular formula is C14H19N3O4. The van der Waals surface area contributed by atoms with Crippen molar-refractivity contribution in [3.8, 4) is 5.75 Å². The highest BCUT2D eigenvalue weighted by molar-refractivity contribution is 5.84. The molecule has 0 bridgehead atoms. The van der Waals surface area contributed by atoms with Crippen LogP contribution in [-0.2, 0) is 4.79 Å². The smallest absolute Gasteiger partial charge is 0.272 e. The van der Waals surface area contributed by atoms with Crippen LogP contribution in [0.15, 0.2) is 18.2 Å². The normalized spacial score (nSPS) is 17.0. The molecule has 1 aliphatic rings. The molecule has 0 saturated heterocycles. The number of nitrogens with two attached hydrogens (primary N) is 1. The molecule has 0 heterocycles. The first-order chi connectivity index (χ1) is 9.82. The lowest BCUT2D eigenvalue weighted by Gasteiger charge is -2.27. The summed E-state index contributed by atoms with van der Waals surface area (Å²) >= 11 is 0. The maximum Gasteiger partial charge on any atom is 0.272 e. The van der Waals surface area contributed by atoms with Crippen molar-refractivity contribution in [2.75, 3.05) is 6.61 Å². The van der Waals surface area contributed by atoms with Crippen LogP contribution in [0.1, 0.15) is 25.3 Å². The molecule has 0 aromatic heterocycles. The SMILES string of the molecule is Cc1cc(OCC(C)(NC2CC2)C(N)=O)ccc1[N+](=O)[O-]. The Kier molecular flexibility index (Phi) is 4.13. The van der Waals surface area contributed by atoms with Crippen molar-refractivity contribution in [3.05, 3.63) is 33.9 Å². The molecule has 7 nitrogen and oxygen atoms in total. The van der Waals surface area contributed by atoms with Crippen LogP contribution < -0.4 is 15.8 Å². The summed E-state index contributed by atoms with van der Waals surface area (Å²) in [7, 11) is 0. The number of hydrogen-bond acceptors (Lipinski definition) is 5. The minimum atomic E-state index is -0.948. The van der Waals surface area contributed by atoms with Gasteiger partial charge in [0.15, 0.2) is 0 Å². The van der Waals surface area contributed by atoms with E-state index >= 15 is 0 Å². The highest BCUT2D eigenvalue weighted by atomic mass is 16.6. The maximum atomic E-state index is 11.6. The van der Waals surface area contributed by atoms with E-state index in [0.717, 1.165) is 12.8 Å². The van der Waals surface area contributed by atoms with E-state index < -0.39 is 16.4 Å². The summed E-state index contributed by atoms with van der Waals surface area (Å²) in [6.45, 7) is 3.42. The summed E-state index contributed by atoms with van der Waals surface area (Å²) in [6.07, 6.45) is 2.05. The molecule has 0 radical (unpaired) electrons. The molecule has 1 fully saturated rings. The van der Waals surface area contributed by atoms with Crippen LogP contribution in [0.2, 0.25) is 0 Å². The molecule has 0 aliphatic heterocycles. The van der Waals surface area contributed by atoms with E-state index in [-0.39, 0.29) is 12.3 Å². The number of carbonyl (C=O) groups is 1. The van der Waals surface area contributed by atoms with Crippen molar-refractivity contribution in [1.82, 2.24) is 5.32 Å². The lowest BCUT2D eigenvalue weighted by atomic mass is 10.0. The Bertz CT molecular complexity index is 571. The Morgan fingerprint density at radius 3 is 2.71 bits per heavy atom. The van der Waals surface area contributed by atoms with Crippen molar-refractivity contribution >= 4 is 11.6 Å². The number of nitro groups is 1. The number of ether oxygens (including phenoxy) is 1. The number of aryl methyl sites for hydroxylation is 1. The standard InChI is InChI=1S/C14H19N3O4/c1-9-7-11(5-6-12(9)17(19)20)21-8-14(2,13(15)18)16-10-3-4-10/h5-7,10,16H,3-4,8H2,1-2H3,(H2,15,18). The van der Waals surface area contributed by atoms with Gasteiger partial charge in [-0.25, -0.2) is 0 Å². The van der Waals surface area contributed by atoms with Gasteiger partial charge in [0, 0.05) is 17.7 Å². The summed E-state index contributed by atoms with van der Waals surface area (Å²) in [5, 5.41) is 13.9. The number of amides is 1. The van der Waals surface area contributed by atoms with Crippen LogP contribution in [0.5, 0.6) is 5.75 Å². The molecule has 1 aliphatic carbocycles. The second-order valence-corrected chi connectivity index (χ2v) is 5.61. The van der Waals surface area contributed by atoms with Crippen molar-refractivity contribution in [2.24, 2.45) is 5.73 Å². The third-order valence-corrected chi connectivity index (χ3v) is 3.54. The minimum Gasteiger partial charge on any atom is -0.491 e. The van der Waals surface area contributed by atoms with Gasteiger partial charge in [-0.05, 0) is 38.8 Å². The van der Waals surface area contributed by atoms with Crippen LogP contribution in [0.4, 0.5) is 5.69 Å². The zero-order valence-corrected chi connectivity index (χ0v) is 12.1. The van der Waals surface area contributed by atoms with Gasteiger partial charge in [-0.1, -0.05) is 0 Å². The fraction of sp³-hybridized carbons (Fsp3) is 0.500. The van der Waals surface area contributed by atoms with Gasteiger partial charge >= 0.3 is 0 Å². The lowest BCUT2D eigenvalue weighted by molar-refractivity contribution is -0.385. The van der Waals surface area contributed by atoms with Gasteiger partial charge in [-0.2, -0.15) is 0 Å². The predicted octanol–water partition coefficient (Wildman–Crippen LogP) is 1.28. The van der Waals surface area contributed by atoms with Gasteiger partial charge in [0.05, 0.1) is 4.92 Å². The zero-order chi connectivity index (χ0) is 15.6. The number of nitrogens with one attached hydrogen (secondary N) is 1.